The number of ether oxygens (including phenoxy) is 1. The second kappa shape index (κ2) is 7.35. The van der Waals surface area contributed by atoms with Crippen LogP contribution in [0.3, 0.4) is 0 Å². The van der Waals surface area contributed by atoms with Crippen LogP contribution in [0.1, 0.15) is 12.5 Å². The van der Waals surface area contributed by atoms with E-state index in [0.717, 1.165) is 23.8 Å². The minimum absolute atomic E-state index is 0.0224. The second-order valence-corrected chi connectivity index (χ2v) is 4.72. The number of rotatable bonds is 6. The predicted molar refractivity (Wildman–Crippen MR) is 83.0 cm³/mol. The van der Waals surface area contributed by atoms with E-state index in [-0.39, 0.29) is 17.8 Å². The van der Waals surface area contributed by atoms with Crippen LogP contribution < -0.4 is 10.1 Å². The van der Waals surface area contributed by atoms with Crippen molar-refractivity contribution in [3.8, 4) is 5.75 Å². The summed E-state index contributed by atoms with van der Waals surface area (Å²) in [7, 11) is 0. The number of amides is 1. The molecule has 0 unspecified atom stereocenters. The largest absolute Gasteiger partial charge is 0.494 e. The standard InChI is InChI=1S/C16H15FN2O4/c1-2-23-13-6-3-11(4-7-13)9-16(20)18-15-10-12(19(21)22)5-8-14(15)17/h3-8,10H,2,9H2,1H3,(H,18,20). The Morgan fingerprint density at radius 1 is 1.26 bits per heavy atom. The number of hydrogen-bond donors (Lipinski definition) is 1. The van der Waals surface area contributed by atoms with E-state index >= 15 is 0 Å². The van der Waals surface area contributed by atoms with Gasteiger partial charge in [-0.15, -0.1) is 0 Å². The highest BCUT2D eigenvalue weighted by molar-refractivity contribution is 5.92. The quantitative estimate of drug-likeness (QED) is 0.654. The molecule has 0 aliphatic carbocycles. The van der Waals surface area contributed by atoms with Crippen LogP contribution in [0.5, 0.6) is 5.75 Å². The van der Waals surface area contributed by atoms with E-state index in [0.29, 0.717) is 12.4 Å². The molecular formula is C16H15FN2O4. The average molecular weight is 318 g/mol. The van der Waals surface area contributed by atoms with Crippen molar-refractivity contribution in [2.75, 3.05) is 11.9 Å². The van der Waals surface area contributed by atoms with Gasteiger partial charge in [-0.3, -0.25) is 14.9 Å². The summed E-state index contributed by atoms with van der Waals surface area (Å²) in [6, 6.07) is 9.91. The first-order valence-electron chi connectivity index (χ1n) is 6.95. The molecule has 2 aromatic rings. The topological polar surface area (TPSA) is 81.5 Å². The fraction of sp³-hybridized carbons (Fsp3) is 0.188. The molecule has 120 valence electrons. The van der Waals surface area contributed by atoms with Gasteiger partial charge in [-0.1, -0.05) is 12.1 Å². The first kappa shape index (κ1) is 16.4. The Hall–Kier alpha value is -2.96. The van der Waals surface area contributed by atoms with E-state index in [1.54, 1.807) is 24.3 Å². The Balaban J connectivity index is 2.04. The van der Waals surface area contributed by atoms with Crippen LogP contribution in [0.15, 0.2) is 42.5 Å². The number of hydrogen-bond acceptors (Lipinski definition) is 4. The van der Waals surface area contributed by atoms with Gasteiger partial charge in [0.05, 0.1) is 23.6 Å². The number of nitrogens with zero attached hydrogens (tertiary/aromatic N) is 1. The van der Waals surface area contributed by atoms with Crippen LogP contribution in [-0.2, 0) is 11.2 Å². The summed E-state index contributed by atoms with van der Waals surface area (Å²) in [6.45, 7) is 2.42. The smallest absolute Gasteiger partial charge is 0.271 e. The van der Waals surface area contributed by atoms with Gasteiger partial charge in [0, 0.05) is 12.1 Å². The summed E-state index contributed by atoms with van der Waals surface area (Å²) in [5.74, 6) is -0.495. The Bertz CT molecular complexity index is 717. The molecule has 2 aromatic carbocycles. The lowest BCUT2D eigenvalue weighted by molar-refractivity contribution is -0.384. The van der Waals surface area contributed by atoms with Crippen molar-refractivity contribution >= 4 is 17.3 Å². The maximum atomic E-state index is 13.6. The molecule has 1 N–H and O–H groups in total. The average Bonchev–Trinajstić information content (AvgIpc) is 2.51. The number of carbonyl (C=O) groups excluding carboxylic acids is 1. The normalized spacial score (nSPS) is 10.2. The number of anilines is 1. The number of nitro benzene ring substituents is 1. The van der Waals surface area contributed by atoms with Gasteiger partial charge in [0.15, 0.2) is 0 Å². The van der Waals surface area contributed by atoms with E-state index in [1.165, 1.54) is 0 Å². The third-order valence-corrected chi connectivity index (χ3v) is 3.03. The van der Waals surface area contributed by atoms with Gasteiger partial charge in [0.25, 0.3) is 5.69 Å². The van der Waals surface area contributed by atoms with E-state index in [9.17, 15) is 19.3 Å². The lowest BCUT2D eigenvalue weighted by Crippen LogP contribution is -2.15. The molecule has 0 aliphatic heterocycles. The van der Waals surface area contributed by atoms with Crippen molar-refractivity contribution in [1.29, 1.82) is 0 Å². The summed E-state index contributed by atoms with van der Waals surface area (Å²) in [6.07, 6.45) is 0.0224. The van der Waals surface area contributed by atoms with Crippen molar-refractivity contribution in [3.63, 3.8) is 0 Å². The molecule has 0 spiro atoms. The van der Waals surface area contributed by atoms with E-state index in [2.05, 4.69) is 5.32 Å². The molecular weight excluding hydrogens is 303 g/mol. The second-order valence-electron chi connectivity index (χ2n) is 4.72. The molecule has 0 radical (unpaired) electrons. The highest BCUT2D eigenvalue weighted by atomic mass is 19.1. The van der Waals surface area contributed by atoms with Crippen LogP contribution in [-0.4, -0.2) is 17.4 Å². The maximum absolute atomic E-state index is 13.6. The zero-order chi connectivity index (χ0) is 16.8. The third kappa shape index (κ3) is 4.50. The van der Waals surface area contributed by atoms with Gasteiger partial charge in [-0.25, -0.2) is 4.39 Å². The van der Waals surface area contributed by atoms with Gasteiger partial charge < -0.3 is 10.1 Å². The number of non-ortho nitro benzene ring substituents is 1. The van der Waals surface area contributed by atoms with E-state index in [4.69, 9.17) is 4.74 Å². The van der Waals surface area contributed by atoms with Gasteiger partial charge >= 0.3 is 0 Å². The minimum atomic E-state index is -0.726. The maximum Gasteiger partial charge on any atom is 0.271 e. The first-order chi connectivity index (χ1) is 11.0. The molecule has 1 amide bonds. The zero-order valence-electron chi connectivity index (χ0n) is 12.4. The van der Waals surface area contributed by atoms with E-state index < -0.39 is 16.6 Å². The molecule has 0 saturated heterocycles. The van der Waals surface area contributed by atoms with Crippen LogP contribution >= 0.6 is 0 Å². The molecule has 0 bridgehead atoms. The van der Waals surface area contributed by atoms with Crippen molar-refractivity contribution in [2.45, 2.75) is 13.3 Å². The Labute approximate surface area is 132 Å². The highest BCUT2D eigenvalue weighted by Gasteiger charge is 2.13. The van der Waals surface area contributed by atoms with E-state index in [1.807, 2.05) is 6.92 Å². The lowest BCUT2D eigenvalue weighted by atomic mass is 10.1. The van der Waals surface area contributed by atoms with Gasteiger partial charge in [-0.2, -0.15) is 0 Å². The summed E-state index contributed by atoms with van der Waals surface area (Å²) in [4.78, 5) is 22.0. The molecule has 7 heteroatoms. The molecule has 0 fully saturated rings. The Morgan fingerprint density at radius 3 is 2.57 bits per heavy atom. The molecule has 0 heterocycles. The van der Waals surface area contributed by atoms with Crippen molar-refractivity contribution in [3.05, 3.63) is 64.0 Å². The first-order valence-corrected chi connectivity index (χ1v) is 6.95. The van der Waals surface area contributed by atoms with Crippen LogP contribution in [0.25, 0.3) is 0 Å². The van der Waals surface area contributed by atoms with Crippen molar-refractivity contribution in [2.24, 2.45) is 0 Å². The fourth-order valence-electron chi connectivity index (χ4n) is 1.97. The number of nitrogens with one attached hydrogen (secondary N) is 1. The van der Waals surface area contributed by atoms with Crippen molar-refractivity contribution in [1.82, 2.24) is 0 Å². The summed E-state index contributed by atoms with van der Waals surface area (Å²) in [5, 5.41) is 13.0. The third-order valence-electron chi connectivity index (χ3n) is 3.03. The number of halogens is 1. The number of benzene rings is 2. The summed E-state index contributed by atoms with van der Waals surface area (Å²) in [5.41, 5.74) is 0.217. The zero-order valence-corrected chi connectivity index (χ0v) is 12.4. The SMILES string of the molecule is CCOc1ccc(CC(=O)Nc2cc([N+](=O)[O-])ccc2F)cc1. The van der Waals surface area contributed by atoms with Gasteiger partial charge in [-0.05, 0) is 30.7 Å². The monoisotopic (exact) mass is 318 g/mol. The summed E-state index contributed by atoms with van der Waals surface area (Å²) < 4.78 is 18.9. The Kier molecular flexibility index (Phi) is 5.24. The molecule has 0 aliphatic rings. The molecule has 0 atom stereocenters. The van der Waals surface area contributed by atoms with Crippen molar-refractivity contribution < 1.29 is 18.8 Å². The lowest BCUT2D eigenvalue weighted by Gasteiger charge is -2.07. The van der Waals surface area contributed by atoms with Gasteiger partial charge in [0.1, 0.15) is 11.6 Å². The Morgan fingerprint density at radius 2 is 1.96 bits per heavy atom. The molecule has 0 aromatic heterocycles. The van der Waals surface area contributed by atoms with Crippen LogP contribution in [0.2, 0.25) is 0 Å². The van der Waals surface area contributed by atoms with Gasteiger partial charge in [0.2, 0.25) is 5.91 Å². The number of carbonyl (C=O) groups is 1. The van der Waals surface area contributed by atoms with Crippen LogP contribution in [0, 0.1) is 15.9 Å². The minimum Gasteiger partial charge on any atom is -0.494 e. The number of nitro groups is 1. The predicted octanol–water partition coefficient (Wildman–Crippen LogP) is 3.31. The van der Waals surface area contributed by atoms with Crippen LogP contribution in [0.4, 0.5) is 15.8 Å². The molecule has 2 rings (SSSR count). The summed E-state index contributed by atoms with van der Waals surface area (Å²) >= 11 is 0. The highest BCUT2D eigenvalue weighted by Crippen LogP contribution is 2.21. The molecule has 0 saturated carbocycles. The molecule has 23 heavy (non-hydrogen) atoms. The molecule has 6 nitrogen and oxygen atoms in total. The fourth-order valence-corrected chi connectivity index (χ4v) is 1.97.